The minimum absolute atomic E-state index is 0.181. The summed E-state index contributed by atoms with van der Waals surface area (Å²) in [7, 11) is 0. The number of carbonyl (C=O) groups excluding carboxylic acids is 2. The standard InChI is InChI=1S/C25H24N4O3S/c1-14-6-5-7-20-17(4)22(32-21(14)20)24(31)29-28-23(30)19-10-8-18(9-11-19)13-33-25-26-15(2)12-16(3)27-25/h5-12H,13H2,1-4H3,(H,28,30)(H,29,31). The van der Waals surface area contributed by atoms with Crippen molar-refractivity contribution in [3.05, 3.63) is 87.9 Å². The van der Waals surface area contributed by atoms with Crippen LogP contribution in [-0.4, -0.2) is 21.8 Å². The zero-order valence-corrected chi connectivity index (χ0v) is 19.7. The second-order valence-corrected chi connectivity index (χ2v) is 8.78. The number of nitrogens with zero attached hydrogens (tertiary/aromatic N) is 2. The van der Waals surface area contributed by atoms with Gasteiger partial charge in [-0.15, -0.1) is 0 Å². The number of amides is 2. The molecule has 2 aromatic heterocycles. The summed E-state index contributed by atoms with van der Waals surface area (Å²) >= 11 is 1.54. The van der Waals surface area contributed by atoms with Crippen molar-refractivity contribution in [1.29, 1.82) is 0 Å². The largest absolute Gasteiger partial charge is 0.450 e. The van der Waals surface area contributed by atoms with Crippen LogP contribution < -0.4 is 10.9 Å². The molecular formula is C25H24N4O3S. The summed E-state index contributed by atoms with van der Waals surface area (Å²) in [4.78, 5) is 33.9. The zero-order valence-electron chi connectivity index (χ0n) is 18.9. The summed E-state index contributed by atoms with van der Waals surface area (Å²) in [5, 5.41) is 1.61. The first-order valence-electron chi connectivity index (χ1n) is 10.5. The number of hydrazine groups is 1. The Hall–Kier alpha value is -3.65. The Morgan fingerprint density at radius 3 is 2.24 bits per heavy atom. The molecule has 33 heavy (non-hydrogen) atoms. The van der Waals surface area contributed by atoms with E-state index in [1.54, 1.807) is 23.9 Å². The number of furan rings is 1. The molecule has 4 aromatic rings. The fourth-order valence-corrected chi connectivity index (χ4v) is 4.41. The van der Waals surface area contributed by atoms with Gasteiger partial charge in [0, 0.05) is 33.7 Å². The lowest BCUT2D eigenvalue weighted by Gasteiger charge is -2.07. The molecule has 7 nitrogen and oxygen atoms in total. The molecule has 0 fully saturated rings. The SMILES string of the molecule is Cc1cc(C)nc(SCc2ccc(C(=O)NNC(=O)c3oc4c(C)cccc4c3C)cc2)n1. The maximum atomic E-state index is 12.6. The van der Waals surface area contributed by atoms with Gasteiger partial charge in [-0.3, -0.25) is 20.4 Å². The van der Waals surface area contributed by atoms with Crippen molar-refractivity contribution in [2.45, 2.75) is 38.6 Å². The number of fused-ring (bicyclic) bond motifs is 1. The second kappa shape index (κ2) is 9.46. The van der Waals surface area contributed by atoms with Crippen LogP contribution in [0, 0.1) is 27.7 Å². The van der Waals surface area contributed by atoms with Crippen LogP contribution in [0.5, 0.6) is 0 Å². The molecule has 0 spiro atoms. The van der Waals surface area contributed by atoms with E-state index in [0.29, 0.717) is 16.9 Å². The van der Waals surface area contributed by atoms with E-state index in [2.05, 4.69) is 20.8 Å². The van der Waals surface area contributed by atoms with Gasteiger partial charge in [0.25, 0.3) is 5.91 Å². The molecule has 2 amide bonds. The van der Waals surface area contributed by atoms with Gasteiger partial charge in [-0.2, -0.15) is 0 Å². The van der Waals surface area contributed by atoms with E-state index in [1.165, 1.54) is 0 Å². The number of hydrogen-bond donors (Lipinski definition) is 2. The average Bonchev–Trinajstić information content (AvgIpc) is 3.13. The van der Waals surface area contributed by atoms with E-state index >= 15 is 0 Å². The summed E-state index contributed by atoms with van der Waals surface area (Å²) in [5.41, 5.74) is 10.6. The Kier molecular flexibility index (Phi) is 6.46. The summed E-state index contributed by atoms with van der Waals surface area (Å²) in [6.45, 7) is 7.64. The molecule has 4 rings (SSSR count). The number of rotatable bonds is 5. The number of aryl methyl sites for hydroxylation is 4. The van der Waals surface area contributed by atoms with E-state index in [1.807, 2.05) is 64.1 Å². The highest BCUT2D eigenvalue weighted by Crippen LogP contribution is 2.27. The third kappa shape index (κ3) is 5.06. The molecule has 168 valence electrons. The van der Waals surface area contributed by atoms with Gasteiger partial charge in [-0.1, -0.05) is 42.1 Å². The Labute approximate surface area is 196 Å². The van der Waals surface area contributed by atoms with Crippen molar-refractivity contribution < 1.29 is 14.0 Å². The van der Waals surface area contributed by atoms with Gasteiger partial charge in [0.2, 0.25) is 0 Å². The van der Waals surface area contributed by atoms with Crippen LogP contribution in [0.3, 0.4) is 0 Å². The lowest BCUT2D eigenvalue weighted by atomic mass is 10.1. The normalized spacial score (nSPS) is 10.9. The van der Waals surface area contributed by atoms with E-state index in [9.17, 15) is 9.59 Å². The first-order valence-corrected chi connectivity index (χ1v) is 11.4. The maximum Gasteiger partial charge on any atom is 0.305 e. The molecule has 0 saturated heterocycles. The topological polar surface area (TPSA) is 97.1 Å². The third-order valence-electron chi connectivity index (χ3n) is 5.20. The maximum absolute atomic E-state index is 12.6. The Morgan fingerprint density at radius 2 is 1.58 bits per heavy atom. The average molecular weight is 461 g/mol. The summed E-state index contributed by atoms with van der Waals surface area (Å²) in [6.07, 6.45) is 0. The van der Waals surface area contributed by atoms with Crippen molar-refractivity contribution in [2.75, 3.05) is 0 Å². The molecule has 0 aliphatic rings. The number of aromatic nitrogens is 2. The van der Waals surface area contributed by atoms with Gasteiger partial charge in [-0.25, -0.2) is 9.97 Å². The van der Waals surface area contributed by atoms with Crippen LogP contribution in [0.4, 0.5) is 0 Å². The fourth-order valence-electron chi connectivity index (χ4n) is 3.50. The molecule has 0 aliphatic carbocycles. The van der Waals surface area contributed by atoms with Crippen molar-refractivity contribution in [2.24, 2.45) is 0 Å². The number of nitrogens with one attached hydrogen (secondary N) is 2. The summed E-state index contributed by atoms with van der Waals surface area (Å²) < 4.78 is 5.75. The quantitative estimate of drug-likeness (QED) is 0.252. The van der Waals surface area contributed by atoms with Crippen LogP contribution >= 0.6 is 11.8 Å². The van der Waals surface area contributed by atoms with Gasteiger partial charge in [0.05, 0.1) is 0 Å². The minimum atomic E-state index is -0.502. The van der Waals surface area contributed by atoms with Crippen molar-refractivity contribution >= 4 is 34.5 Å². The molecule has 0 aliphatic heterocycles. The Bertz CT molecular complexity index is 1330. The lowest BCUT2D eigenvalue weighted by Crippen LogP contribution is -2.41. The van der Waals surface area contributed by atoms with Crippen molar-refractivity contribution in [1.82, 2.24) is 20.8 Å². The molecule has 0 radical (unpaired) electrons. The van der Waals surface area contributed by atoms with Crippen molar-refractivity contribution in [3.63, 3.8) is 0 Å². The van der Waals surface area contributed by atoms with Gasteiger partial charge in [-0.05, 0) is 57.0 Å². The Balaban J connectivity index is 1.35. The highest BCUT2D eigenvalue weighted by molar-refractivity contribution is 7.98. The smallest absolute Gasteiger partial charge is 0.305 e. The number of hydrogen-bond acceptors (Lipinski definition) is 6. The number of carbonyl (C=O) groups is 2. The van der Waals surface area contributed by atoms with Gasteiger partial charge >= 0.3 is 5.91 Å². The first-order chi connectivity index (χ1) is 15.8. The van der Waals surface area contributed by atoms with Gasteiger partial charge < -0.3 is 4.42 Å². The number of thioether (sulfide) groups is 1. The first kappa shape index (κ1) is 22.5. The molecule has 2 N–H and O–H groups in total. The van der Waals surface area contributed by atoms with Crippen LogP contribution in [0.2, 0.25) is 0 Å². The minimum Gasteiger partial charge on any atom is -0.450 e. The molecule has 0 bridgehead atoms. The number of benzene rings is 2. The predicted octanol–water partition coefficient (Wildman–Crippen LogP) is 4.82. The molecule has 8 heteroatoms. The highest BCUT2D eigenvalue weighted by atomic mass is 32.2. The lowest BCUT2D eigenvalue weighted by molar-refractivity contribution is 0.0831. The van der Waals surface area contributed by atoms with Gasteiger partial charge in [0.1, 0.15) is 5.58 Å². The molecule has 0 unspecified atom stereocenters. The molecule has 0 atom stereocenters. The van der Waals surface area contributed by atoms with Crippen LogP contribution in [-0.2, 0) is 5.75 Å². The second-order valence-electron chi connectivity index (χ2n) is 7.83. The summed E-state index contributed by atoms with van der Waals surface area (Å²) in [5.74, 6) is -0.0460. The highest BCUT2D eigenvalue weighted by Gasteiger charge is 2.19. The van der Waals surface area contributed by atoms with Crippen LogP contribution in [0.1, 0.15) is 49.0 Å². The van der Waals surface area contributed by atoms with E-state index in [-0.39, 0.29) is 5.76 Å². The van der Waals surface area contributed by atoms with Crippen LogP contribution in [0.15, 0.2) is 58.1 Å². The van der Waals surface area contributed by atoms with Crippen molar-refractivity contribution in [3.8, 4) is 0 Å². The van der Waals surface area contributed by atoms with E-state index < -0.39 is 11.8 Å². The molecule has 0 saturated carbocycles. The van der Waals surface area contributed by atoms with E-state index in [0.717, 1.165) is 38.6 Å². The number of para-hydroxylation sites is 1. The molecular weight excluding hydrogens is 436 g/mol. The summed E-state index contributed by atoms with van der Waals surface area (Å²) in [6, 6.07) is 14.9. The zero-order chi connectivity index (χ0) is 23.5. The fraction of sp³-hybridized carbons (Fsp3) is 0.200. The molecule has 2 heterocycles. The third-order valence-corrected chi connectivity index (χ3v) is 6.12. The molecule has 2 aromatic carbocycles. The van der Waals surface area contributed by atoms with Gasteiger partial charge in [0.15, 0.2) is 10.9 Å². The Morgan fingerprint density at radius 1 is 0.909 bits per heavy atom. The predicted molar refractivity (Wildman–Crippen MR) is 128 cm³/mol. The van der Waals surface area contributed by atoms with Crippen LogP contribution in [0.25, 0.3) is 11.0 Å². The van der Waals surface area contributed by atoms with E-state index in [4.69, 9.17) is 4.42 Å². The monoisotopic (exact) mass is 460 g/mol.